The average Bonchev–Trinajstić information content (AvgIpc) is 2.79. The van der Waals surface area contributed by atoms with Crippen molar-refractivity contribution in [3.63, 3.8) is 0 Å². The van der Waals surface area contributed by atoms with Crippen molar-refractivity contribution in [1.29, 1.82) is 0 Å². The van der Waals surface area contributed by atoms with E-state index in [1.165, 1.54) is 5.41 Å². The van der Waals surface area contributed by atoms with E-state index >= 15 is 0 Å². The van der Waals surface area contributed by atoms with Crippen molar-refractivity contribution in [1.82, 2.24) is 15.1 Å². The number of sulfone groups is 1. The maximum Gasteiger partial charge on any atom is 0.173 e. The summed E-state index contributed by atoms with van der Waals surface area (Å²) in [5, 5.41) is 8.83. The summed E-state index contributed by atoms with van der Waals surface area (Å²) in [6.45, 7) is 2.69. The Morgan fingerprint density at radius 2 is 2.35 bits per heavy atom. The summed E-state index contributed by atoms with van der Waals surface area (Å²) in [6, 6.07) is 1.96. The van der Waals surface area contributed by atoms with Crippen LogP contribution in [0.2, 0.25) is 0 Å². The molecule has 0 saturated heterocycles. The van der Waals surface area contributed by atoms with E-state index in [0.717, 1.165) is 17.8 Å². The van der Waals surface area contributed by atoms with E-state index in [9.17, 15) is 8.42 Å². The van der Waals surface area contributed by atoms with Crippen molar-refractivity contribution < 1.29 is 8.42 Å². The Bertz CT molecular complexity index is 531. The molecule has 6 heteroatoms. The Morgan fingerprint density at radius 1 is 1.59 bits per heavy atom. The molecule has 0 radical (unpaired) electrons. The fourth-order valence-corrected chi connectivity index (χ4v) is 3.12. The summed E-state index contributed by atoms with van der Waals surface area (Å²) >= 11 is 0. The normalized spacial score (nSPS) is 22.1. The van der Waals surface area contributed by atoms with Gasteiger partial charge in [-0.15, -0.1) is 0 Å². The van der Waals surface area contributed by atoms with Crippen LogP contribution >= 0.6 is 0 Å². The van der Waals surface area contributed by atoms with Gasteiger partial charge in [-0.2, -0.15) is 5.10 Å². The molecule has 2 heterocycles. The monoisotopic (exact) mass is 255 g/mol. The SMILES string of the molecule is CCc1cc(CNC2C=CS(=O)(=O)C2)n(C)n1. The van der Waals surface area contributed by atoms with E-state index in [-0.39, 0.29) is 11.8 Å². The molecule has 1 N–H and O–H groups in total. The largest absolute Gasteiger partial charge is 0.304 e. The van der Waals surface area contributed by atoms with Gasteiger partial charge in [0.1, 0.15) is 0 Å². The predicted octanol–water partition coefficient (Wildman–Crippen LogP) is 0.383. The van der Waals surface area contributed by atoms with Gasteiger partial charge in [0, 0.05) is 25.0 Å². The maximum absolute atomic E-state index is 11.2. The van der Waals surface area contributed by atoms with Gasteiger partial charge in [0.25, 0.3) is 0 Å². The van der Waals surface area contributed by atoms with Gasteiger partial charge < -0.3 is 5.32 Å². The molecular formula is C11H17N3O2S. The first-order chi connectivity index (χ1) is 8.00. The highest BCUT2D eigenvalue weighted by Crippen LogP contribution is 2.09. The molecule has 1 aromatic rings. The molecule has 1 aliphatic rings. The number of rotatable bonds is 4. The molecule has 0 spiro atoms. The van der Waals surface area contributed by atoms with Crippen molar-refractivity contribution in [2.24, 2.45) is 7.05 Å². The van der Waals surface area contributed by atoms with Crippen LogP contribution in [0.25, 0.3) is 0 Å². The molecule has 1 atom stereocenters. The van der Waals surface area contributed by atoms with Crippen molar-refractivity contribution in [3.8, 4) is 0 Å². The first-order valence-electron chi connectivity index (χ1n) is 5.66. The highest BCUT2D eigenvalue weighted by molar-refractivity contribution is 7.94. The fraction of sp³-hybridized carbons (Fsp3) is 0.545. The number of aromatic nitrogens is 2. The lowest BCUT2D eigenvalue weighted by Gasteiger charge is -2.09. The number of hydrogen-bond donors (Lipinski definition) is 1. The number of nitrogens with one attached hydrogen (secondary N) is 1. The number of hydrogen-bond acceptors (Lipinski definition) is 4. The van der Waals surface area contributed by atoms with Gasteiger partial charge in [-0.05, 0) is 12.5 Å². The zero-order valence-corrected chi connectivity index (χ0v) is 10.9. The van der Waals surface area contributed by atoms with Crippen molar-refractivity contribution in [2.75, 3.05) is 5.75 Å². The molecule has 0 amide bonds. The predicted molar refractivity (Wildman–Crippen MR) is 66.1 cm³/mol. The van der Waals surface area contributed by atoms with Gasteiger partial charge in [-0.1, -0.05) is 13.0 Å². The molecule has 94 valence electrons. The van der Waals surface area contributed by atoms with Crippen LogP contribution in [0.15, 0.2) is 17.6 Å². The fourth-order valence-electron chi connectivity index (χ4n) is 1.85. The molecule has 0 aromatic carbocycles. The molecule has 1 aromatic heterocycles. The number of nitrogens with zero attached hydrogens (tertiary/aromatic N) is 2. The Hall–Kier alpha value is -1.14. The molecule has 0 fully saturated rings. The highest BCUT2D eigenvalue weighted by atomic mass is 32.2. The van der Waals surface area contributed by atoms with E-state index in [1.807, 2.05) is 17.8 Å². The van der Waals surface area contributed by atoms with E-state index in [4.69, 9.17) is 0 Å². The van der Waals surface area contributed by atoms with Gasteiger partial charge in [0.15, 0.2) is 9.84 Å². The van der Waals surface area contributed by atoms with Gasteiger partial charge in [-0.25, -0.2) is 8.42 Å². The van der Waals surface area contributed by atoms with Crippen LogP contribution in [-0.2, 0) is 29.9 Å². The van der Waals surface area contributed by atoms with Gasteiger partial charge in [-0.3, -0.25) is 4.68 Å². The summed E-state index contributed by atoms with van der Waals surface area (Å²) < 4.78 is 24.3. The first-order valence-corrected chi connectivity index (χ1v) is 7.38. The molecular weight excluding hydrogens is 238 g/mol. The summed E-state index contributed by atoms with van der Waals surface area (Å²) in [4.78, 5) is 0. The second-order valence-corrected chi connectivity index (χ2v) is 6.18. The third kappa shape index (κ3) is 2.95. The van der Waals surface area contributed by atoms with Gasteiger partial charge in [0.05, 0.1) is 17.1 Å². The van der Waals surface area contributed by atoms with Crippen molar-refractivity contribution >= 4 is 9.84 Å². The van der Waals surface area contributed by atoms with Crippen LogP contribution in [0.3, 0.4) is 0 Å². The lowest BCUT2D eigenvalue weighted by atomic mass is 10.3. The molecule has 2 rings (SSSR count). The Morgan fingerprint density at radius 3 is 2.88 bits per heavy atom. The van der Waals surface area contributed by atoms with E-state index in [0.29, 0.717) is 6.54 Å². The Kier molecular flexibility index (Phi) is 3.35. The first kappa shape index (κ1) is 12.3. The minimum Gasteiger partial charge on any atom is -0.304 e. The smallest absolute Gasteiger partial charge is 0.173 e. The van der Waals surface area contributed by atoms with Gasteiger partial charge in [0.2, 0.25) is 0 Å². The number of aryl methyl sites for hydroxylation is 2. The van der Waals surface area contributed by atoms with Crippen LogP contribution in [0.1, 0.15) is 18.3 Å². The lowest BCUT2D eigenvalue weighted by Crippen LogP contribution is -2.30. The molecule has 5 nitrogen and oxygen atoms in total. The minimum atomic E-state index is -2.97. The highest BCUT2D eigenvalue weighted by Gasteiger charge is 2.21. The quantitative estimate of drug-likeness (QED) is 0.845. The summed E-state index contributed by atoms with van der Waals surface area (Å²) in [5.74, 6) is 0.158. The maximum atomic E-state index is 11.2. The molecule has 1 unspecified atom stereocenters. The van der Waals surface area contributed by atoms with Crippen LogP contribution in [0, 0.1) is 0 Å². The van der Waals surface area contributed by atoms with Crippen molar-refractivity contribution in [2.45, 2.75) is 25.9 Å². The van der Waals surface area contributed by atoms with Crippen molar-refractivity contribution in [3.05, 3.63) is 28.9 Å². The standard InChI is InChI=1S/C11H17N3O2S/c1-3-9-6-11(14(2)13-9)7-12-10-4-5-17(15,16)8-10/h4-6,10,12H,3,7-8H2,1-2H3. The average molecular weight is 255 g/mol. The second-order valence-electron chi connectivity index (χ2n) is 4.25. The molecule has 0 bridgehead atoms. The van der Waals surface area contributed by atoms with Crippen LogP contribution in [0.5, 0.6) is 0 Å². The van der Waals surface area contributed by atoms with E-state index < -0.39 is 9.84 Å². The van der Waals surface area contributed by atoms with Gasteiger partial charge >= 0.3 is 0 Å². The zero-order chi connectivity index (χ0) is 12.5. The lowest BCUT2D eigenvalue weighted by molar-refractivity contribution is 0.577. The van der Waals surface area contributed by atoms with Crippen LogP contribution in [0.4, 0.5) is 0 Å². The van der Waals surface area contributed by atoms with Crippen LogP contribution in [-0.4, -0.2) is 30.0 Å². The van der Waals surface area contributed by atoms with Crippen LogP contribution < -0.4 is 5.32 Å². The minimum absolute atomic E-state index is 0.0834. The summed E-state index contributed by atoms with van der Waals surface area (Å²) in [6.07, 6.45) is 2.61. The third-order valence-electron chi connectivity index (χ3n) is 2.87. The zero-order valence-electron chi connectivity index (χ0n) is 10.0. The molecule has 0 aliphatic carbocycles. The molecule has 1 aliphatic heterocycles. The van der Waals surface area contributed by atoms with E-state index in [2.05, 4.69) is 17.3 Å². The van der Waals surface area contributed by atoms with E-state index in [1.54, 1.807) is 6.08 Å². The topological polar surface area (TPSA) is 64.0 Å². The Labute approximate surface area is 101 Å². The second kappa shape index (κ2) is 4.62. The third-order valence-corrected chi connectivity index (χ3v) is 4.26. The Balaban J connectivity index is 1.95. The molecule has 17 heavy (non-hydrogen) atoms. The summed E-state index contributed by atoms with van der Waals surface area (Å²) in [7, 11) is -1.07. The molecule has 0 saturated carbocycles. The summed E-state index contributed by atoms with van der Waals surface area (Å²) in [5.41, 5.74) is 2.12.